The number of benzene rings is 2. The molecule has 2 aromatic rings. The summed E-state index contributed by atoms with van der Waals surface area (Å²) in [5, 5.41) is 2.48. The van der Waals surface area contributed by atoms with E-state index in [4.69, 9.17) is 28.9 Å². The van der Waals surface area contributed by atoms with E-state index in [-0.39, 0.29) is 22.2 Å². The predicted octanol–water partition coefficient (Wildman–Crippen LogP) is 3.16. The normalized spacial score (nSPS) is 10.3. The number of primary amides is 1. The number of hydrogen-bond acceptors (Lipinski definition) is 2. The standard InChI is InChI=1S/C15H11Cl2FN2O2/c16-11-6-12(17)13(18)5-10(11)15(22)20-7-8-2-1-3-9(4-8)14(19)21/h1-6H,7H2,(H2,19,21)(H,20,22). The molecule has 2 amide bonds. The summed E-state index contributed by atoms with van der Waals surface area (Å²) in [4.78, 5) is 23.1. The highest BCUT2D eigenvalue weighted by molar-refractivity contribution is 6.36. The highest BCUT2D eigenvalue weighted by Gasteiger charge is 2.14. The third-order valence-electron chi connectivity index (χ3n) is 2.92. The van der Waals surface area contributed by atoms with Gasteiger partial charge in [-0.15, -0.1) is 0 Å². The van der Waals surface area contributed by atoms with Gasteiger partial charge < -0.3 is 11.1 Å². The van der Waals surface area contributed by atoms with Crippen LogP contribution in [0.25, 0.3) is 0 Å². The van der Waals surface area contributed by atoms with E-state index in [1.54, 1.807) is 24.3 Å². The molecule has 0 aromatic heterocycles. The maximum absolute atomic E-state index is 13.4. The Balaban J connectivity index is 2.12. The molecule has 2 rings (SSSR count). The Morgan fingerprint density at radius 2 is 1.86 bits per heavy atom. The molecule has 0 saturated heterocycles. The lowest BCUT2D eigenvalue weighted by Crippen LogP contribution is -2.23. The fraction of sp³-hybridized carbons (Fsp3) is 0.0667. The zero-order valence-corrected chi connectivity index (χ0v) is 12.7. The van der Waals surface area contributed by atoms with Gasteiger partial charge in [0.15, 0.2) is 0 Å². The summed E-state index contributed by atoms with van der Waals surface area (Å²) < 4.78 is 13.4. The molecule has 3 N–H and O–H groups in total. The summed E-state index contributed by atoms with van der Waals surface area (Å²) in [6.45, 7) is 0.139. The molecule has 0 spiro atoms. The minimum absolute atomic E-state index is 0.0189. The molecule has 2 aromatic carbocycles. The molecular formula is C15H11Cl2FN2O2. The van der Waals surface area contributed by atoms with E-state index < -0.39 is 17.6 Å². The highest BCUT2D eigenvalue weighted by Crippen LogP contribution is 2.24. The minimum Gasteiger partial charge on any atom is -0.366 e. The van der Waals surface area contributed by atoms with Gasteiger partial charge in [0.2, 0.25) is 5.91 Å². The quantitative estimate of drug-likeness (QED) is 0.839. The maximum Gasteiger partial charge on any atom is 0.253 e. The monoisotopic (exact) mass is 340 g/mol. The summed E-state index contributed by atoms with van der Waals surface area (Å²) in [5.41, 5.74) is 6.18. The van der Waals surface area contributed by atoms with Crippen molar-refractivity contribution in [3.63, 3.8) is 0 Å². The summed E-state index contributed by atoms with van der Waals surface area (Å²) in [6, 6.07) is 8.64. The van der Waals surface area contributed by atoms with Crippen molar-refractivity contribution in [2.24, 2.45) is 5.73 Å². The van der Waals surface area contributed by atoms with E-state index in [9.17, 15) is 14.0 Å². The van der Waals surface area contributed by atoms with Gasteiger partial charge >= 0.3 is 0 Å². The number of nitrogens with two attached hydrogens (primary N) is 1. The molecule has 0 aliphatic carbocycles. The van der Waals surface area contributed by atoms with Gasteiger partial charge in [-0.05, 0) is 29.8 Å². The first-order chi connectivity index (χ1) is 10.4. The average Bonchev–Trinajstić information content (AvgIpc) is 2.48. The fourth-order valence-corrected chi connectivity index (χ4v) is 2.28. The predicted molar refractivity (Wildman–Crippen MR) is 82.6 cm³/mol. The second kappa shape index (κ2) is 6.77. The number of nitrogens with one attached hydrogen (secondary N) is 1. The largest absolute Gasteiger partial charge is 0.366 e. The summed E-state index contributed by atoms with van der Waals surface area (Å²) in [5.74, 6) is -1.84. The maximum atomic E-state index is 13.4. The van der Waals surface area contributed by atoms with Crippen LogP contribution in [0.15, 0.2) is 36.4 Å². The van der Waals surface area contributed by atoms with E-state index in [0.717, 1.165) is 6.07 Å². The number of halogens is 3. The highest BCUT2D eigenvalue weighted by atomic mass is 35.5. The SMILES string of the molecule is NC(=O)c1cccc(CNC(=O)c2cc(F)c(Cl)cc2Cl)c1. The number of carbonyl (C=O) groups is 2. The van der Waals surface area contributed by atoms with Crippen LogP contribution >= 0.6 is 23.2 Å². The Kier molecular flexibility index (Phi) is 5.00. The first-order valence-electron chi connectivity index (χ1n) is 6.20. The van der Waals surface area contributed by atoms with Gasteiger partial charge in [-0.2, -0.15) is 0 Å². The van der Waals surface area contributed by atoms with Crippen LogP contribution in [0.2, 0.25) is 10.0 Å². The first-order valence-corrected chi connectivity index (χ1v) is 6.95. The van der Waals surface area contributed by atoms with Crippen molar-refractivity contribution in [2.45, 2.75) is 6.54 Å². The number of carbonyl (C=O) groups excluding carboxylic acids is 2. The van der Waals surface area contributed by atoms with Crippen LogP contribution in [0.1, 0.15) is 26.3 Å². The van der Waals surface area contributed by atoms with Crippen LogP contribution in [0.3, 0.4) is 0 Å². The molecule has 0 aliphatic rings. The topological polar surface area (TPSA) is 72.2 Å². The summed E-state index contributed by atoms with van der Waals surface area (Å²) in [7, 11) is 0. The van der Waals surface area contributed by atoms with Crippen LogP contribution < -0.4 is 11.1 Å². The van der Waals surface area contributed by atoms with Crippen molar-refractivity contribution in [3.8, 4) is 0 Å². The number of hydrogen-bond donors (Lipinski definition) is 2. The van der Waals surface area contributed by atoms with Crippen molar-refractivity contribution in [2.75, 3.05) is 0 Å². The summed E-state index contributed by atoms with van der Waals surface area (Å²) >= 11 is 11.4. The molecule has 0 radical (unpaired) electrons. The zero-order chi connectivity index (χ0) is 16.3. The van der Waals surface area contributed by atoms with Gasteiger partial charge in [-0.25, -0.2) is 4.39 Å². The van der Waals surface area contributed by atoms with Gasteiger partial charge in [0.25, 0.3) is 5.91 Å². The van der Waals surface area contributed by atoms with E-state index in [1.807, 2.05) is 0 Å². The first kappa shape index (κ1) is 16.3. The molecule has 0 fully saturated rings. The second-order valence-electron chi connectivity index (χ2n) is 4.49. The van der Waals surface area contributed by atoms with Gasteiger partial charge in [-0.3, -0.25) is 9.59 Å². The van der Waals surface area contributed by atoms with Crippen LogP contribution in [-0.4, -0.2) is 11.8 Å². The molecule has 0 unspecified atom stereocenters. The lowest BCUT2D eigenvalue weighted by Gasteiger charge is -2.08. The van der Waals surface area contributed by atoms with E-state index in [0.29, 0.717) is 11.1 Å². The number of amides is 2. The lowest BCUT2D eigenvalue weighted by molar-refractivity contribution is 0.0950. The van der Waals surface area contributed by atoms with Crippen LogP contribution in [0.4, 0.5) is 4.39 Å². The smallest absolute Gasteiger partial charge is 0.253 e. The van der Waals surface area contributed by atoms with Gasteiger partial charge in [0.05, 0.1) is 15.6 Å². The van der Waals surface area contributed by atoms with E-state index >= 15 is 0 Å². The number of rotatable bonds is 4. The fourth-order valence-electron chi connectivity index (χ4n) is 1.81. The molecule has 22 heavy (non-hydrogen) atoms. The van der Waals surface area contributed by atoms with Crippen molar-refractivity contribution < 1.29 is 14.0 Å². The molecular weight excluding hydrogens is 330 g/mol. The Morgan fingerprint density at radius 3 is 2.55 bits per heavy atom. The molecule has 4 nitrogen and oxygen atoms in total. The van der Waals surface area contributed by atoms with Crippen molar-refractivity contribution in [1.29, 1.82) is 0 Å². The Labute approximate surface area is 136 Å². The van der Waals surface area contributed by atoms with Crippen LogP contribution in [-0.2, 0) is 6.54 Å². The van der Waals surface area contributed by atoms with Crippen molar-refractivity contribution in [1.82, 2.24) is 5.32 Å². The van der Waals surface area contributed by atoms with Gasteiger partial charge in [0.1, 0.15) is 5.82 Å². The molecule has 0 bridgehead atoms. The van der Waals surface area contributed by atoms with Gasteiger partial charge in [-0.1, -0.05) is 35.3 Å². The Morgan fingerprint density at radius 1 is 1.14 bits per heavy atom. The second-order valence-corrected chi connectivity index (χ2v) is 5.31. The summed E-state index contributed by atoms with van der Waals surface area (Å²) in [6.07, 6.45) is 0. The zero-order valence-electron chi connectivity index (χ0n) is 11.2. The molecule has 0 saturated carbocycles. The van der Waals surface area contributed by atoms with Crippen LogP contribution in [0, 0.1) is 5.82 Å². The third-order valence-corrected chi connectivity index (χ3v) is 3.52. The molecule has 0 heterocycles. The van der Waals surface area contributed by atoms with Crippen LogP contribution in [0.5, 0.6) is 0 Å². The third kappa shape index (κ3) is 3.75. The van der Waals surface area contributed by atoms with Crippen molar-refractivity contribution in [3.05, 3.63) is 69.0 Å². The molecule has 7 heteroatoms. The molecule has 0 aliphatic heterocycles. The molecule has 0 atom stereocenters. The van der Waals surface area contributed by atoms with E-state index in [2.05, 4.69) is 5.32 Å². The van der Waals surface area contributed by atoms with E-state index in [1.165, 1.54) is 6.07 Å². The Hall–Kier alpha value is -2.11. The average molecular weight is 341 g/mol. The Bertz CT molecular complexity index is 750. The van der Waals surface area contributed by atoms with Gasteiger partial charge in [0, 0.05) is 12.1 Å². The minimum atomic E-state index is -0.730. The van der Waals surface area contributed by atoms with Crippen molar-refractivity contribution >= 4 is 35.0 Å². The lowest BCUT2D eigenvalue weighted by atomic mass is 10.1. The molecule has 114 valence electrons.